The number of anilines is 3. The van der Waals surface area contributed by atoms with Crippen LogP contribution < -0.4 is 29.7 Å². The molecular weight excluding hydrogens is 581 g/mol. The molecule has 0 spiro atoms. The van der Waals surface area contributed by atoms with Crippen LogP contribution in [0.5, 0.6) is 17.4 Å². The number of fused-ring (bicyclic) bond motifs is 1. The minimum Gasteiger partial charge on any atom is -0.491 e. The second-order valence-corrected chi connectivity index (χ2v) is 10.4. The van der Waals surface area contributed by atoms with Gasteiger partial charge in [-0.1, -0.05) is 30.1 Å². The van der Waals surface area contributed by atoms with Crippen LogP contribution in [-0.2, 0) is 6.42 Å². The lowest BCUT2D eigenvalue weighted by Crippen LogP contribution is -2.46. The van der Waals surface area contributed by atoms with Gasteiger partial charge in [0.1, 0.15) is 12.1 Å². The zero-order valence-corrected chi connectivity index (χ0v) is 25.0. The summed E-state index contributed by atoms with van der Waals surface area (Å²) in [6.07, 6.45) is 1.66. The zero-order chi connectivity index (χ0) is 29.6. The van der Waals surface area contributed by atoms with Gasteiger partial charge < -0.3 is 34.6 Å². The number of benzene rings is 2. The average Bonchev–Trinajstić information content (AvgIpc) is 3.19. The van der Waals surface area contributed by atoms with E-state index in [9.17, 15) is 4.79 Å². The van der Waals surface area contributed by atoms with Crippen LogP contribution in [0.25, 0.3) is 0 Å². The Labute approximate surface area is 254 Å². The predicted octanol–water partition coefficient (Wildman–Crippen LogP) is 5.88. The molecule has 0 bridgehead atoms. The molecule has 2 aliphatic heterocycles. The highest BCUT2D eigenvalue weighted by Crippen LogP contribution is 2.34. The van der Waals surface area contributed by atoms with Crippen molar-refractivity contribution >= 4 is 64.2 Å². The summed E-state index contributed by atoms with van der Waals surface area (Å²) in [5.41, 5.74) is 3.17. The highest BCUT2D eigenvalue weighted by Gasteiger charge is 2.21. The highest BCUT2D eigenvalue weighted by atomic mass is 35.5. The Balaban J connectivity index is 1.24. The topological polar surface area (TPSA) is 113 Å². The first kappa shape index (κ1) is 29.4. The third-order valence-corrected chi connectivity index (χ3v) is 7.48. The Hall–Kier alpha value is -4.06. The predicted molar refractivity (Wildman–Crippen MR) is 167 cm³/mol. The number of likely N-dealkylation sites (N-methyl/N-ethyl adjacent to an activating group) is 1. The second kappa shape index (κ2) is 13.3. The number of amides is 2. The van der Waals surface area contributed by atoms with E-state index in [4.69, 9.17) is 37.4 Å². The number of urea groups is 1. The van der Waals surface area contributed by atoms with E-state index in [2.05, 4.69) is 42.3 Å². The van der Waals surface area contributed by atoms with Crippen molar-refractivity contribution in [1.29, 1.82) is 0 Å². The maximum atomic E-state index is 13.0. The Morgan fingerprint density at radius 1 is 0.976 bits per heavy atom. The SMILES string of the molecule is CCN1CCN(c2ccc(Cl)cc2NC(=O)Nc2ccc(OC3=NC=Nc4cc(OC)c(OC)nc4C3)cc2Cl)CC1. The molecule has 0 atom stereocenters. The largest absolute Gasteiger partial charge is 0.491 e. The standard InChI is InChI=1S/C29H31Cl2N7O4/c1-4-37-9-11-38(12-10-37)25-8-5-18(30)13-24(25)36-29(39)35-21-7-6-19(14-20(21)31)42-27-16-23-22(32-17-33-27)15-26(40-2)28(34-23)41-3/h5-8,13-15,17H,4,9-12,16H2,1-3H3,(H2,35,36,39). The molecule has 220 valence electrons. The normalized spacial score (nSPS) is 14.9. The Kier molecular flexibility index (Phi) is 9.31. The summed E-state index contributed by atoms with van der Waals surface area (Å²) in [5, 5.41) is 6.55. The van der Waals surface area contributed by atoms with Crippen LogP contribution in [0, 0.1) is 0 Å². The summed E-state index contributed by atoms with van der Waals surface area (Å²) in [6, 6.07) is 11.7. The number of aliphatic imine (C=N–C) groups is 2. The fourth-order valence-corrected chi connectivity index (χ4v) is 5.10. The van der Waals surface area contributed by atoms with Crippen LogP contribution in [0.2, 0.25) is 10.0 Å². The average molecular weight is 613 g/mol. The van der Waals surface area contributed by atoms with Crippen molar-refractivity contribution in [2.45, 2.75) is 13.3 Å². The molecule has 3 aromatic rings. The van der Waals surface area contributed by atoms with E-state index in [1.165, 1.54) is 20.6 Å². The van der Waals surface area contributed by atoms with E-state index in [1.807, 2.05) is 12.1 Å². The first-order chi connectivity index (χ1) is 20.4. The lowest BCUT2D eigenvalue weighted by Gasteiger charge is -2.36. The molecule has 1 fully saturated rings. The molecule has 0 saturated carbocycles. The smallest absolute Gasteiger partial charge is 0.323 e. The van der Waals surface area contributed by atoms with Gasteiger partial charge in [0.2, 0.25) is 5.90 Å². The molecule has 0 unspecified atom stereocenters. The third kappa shape index (κ3) is 6.87. The third-order valence-electron chi connectivity index (χ3n) is 6.93. The quantitative estimate of drug-likeness (QED) is 0.343. The maximum Gasteiger partial charge on any atom is 0.323 e. The number of methoxy groups -OCH3 is 2. The molecule has 0 aliphatic carbocycles. The van der Waals surface area contributed by atoms with Crippen LogP contribution in [0.1, 0.15) is 12.6 Å². The van der Waals surface area contributed by atoms with E-state index in [0.29, 0.717) is 51.1 Å². The van der Waals surface area contributed by atoms with Crippen molar-refractivity contribution < 1.29 is 19.0 Å². The fraction of sp³-hybridized carbons (Fsp3) is 0.310. The van der Waals surface area contributed by atoms with E-state index in [0.717, 1.165) is 38.4 Å². The van der Waals surface area contributed by atoms with Crippen molar-refractivity contribution in [2.75, 3.05) is 62.5 Å². The summed E-state index contributed by atoms with van der Waals surface area (Å²) in [6.45, 7) is 6.81. The number of aromatic nitrogens is 1. The second-order valence-electron chi connectivity index (χ2n) is 9.52. The van der Waals surface area contributed by atoms with Crippen molar-refractivity contribution in [1.82, 2.24) is 9.88 Å². The number of nitrogens with one attached hydrogen (secondary N) is 2. The van der Waals surface area contributed by atoms with Crippen molar-refractivity contribution in [3.8, 4) is 17.4 Å². The van der Waals surface area contributed by atoms with E-state index in [-0.39, 0.29) is 11.4 Å². The van der Waals surface area contributed by atoms with E-state index in [1.54, 1.807) is 30.3 Å². The monoisotopic (exact) mass is 611 g/mol. The van der Waals surface area contributed by atoms with Crippen LogP contribution in [0.4, 0.5) is 27.5 Å². The number of hydrogen-bond acceptors (Lipinski definition) is 9. The molecule has 2 aromatic carbocycles. The van der Waals surface area contributed by atoms with E-state index >= 15 is 0 Å². The minimum absolute atomic E-state index is 0.269. The summed E-state index contributed by atoms with van der Waals surface area (Å²) in [5.74, 6) is 1.61. The van der Waals surface area contributed by atoms with Crippen molar-refractivity contribution in [2.24, 2.45) is 9.98 Å². The van der Waals surface area contributed by atoms with Gasteiger partial charge in [-0.25, -0.2) is 19.8 Å². The zero-order valence-electron chi connectivity index (χ0n) is 23.5. The van der Waals surface area contributed by atoms with Crippen LogP contribution in [0.3, 0.4) is 0 Å². The molecule has 1 aromatic heterocycles. The molecule has 2 aliphatic rings. The fourth-order valence-electron chi connectivity index (χ4n) is 4.71. The number of halogens is 2. The molecule has 13 heteroatoms. The molecule has 2 amide bonds. The van der Waals surface area contributed by atoms with Gasteiger partial charge in [-0.15, -0.1) is 0 Å². The first-order valence-electron chi connectivity index (χ1n) is 13.4. The molecule has 42 heavy (non-hydrogen) atoms. The summed E-state index contributed by atoms with van der Waals surface area (Å²) in [7, 11) is 3.05. The summed E-state index contributed by atoms with van der Waals surface area (Å²) in [4.78, 5) is 30.7. The Bertz CT molecular complexity index is 1520. The first-order valence-corrected chi connectivity index (χ1v) is 14.2. The van der Waals surface area contributed by atoms with Gasteiger partial charge in [0.25, 0.3) is 5.88 Å². The number of nitrogens with zero attached hydrogens (tertiary/aromatic N) is 5. The van der Waals surface area contributed by atoms with Gasteiger partial charge >= 0.3 is 6.03 Å². The molecular formula is C29H31Cl2N7O4. The number of hydrogen-bond donors (Lipinski definition) is 2. The van der Waals surface area contributed by atoms with Crippen LogP contribution in [0.15, 0.2) is 52.4 Å². The van der Waals surface area contributed by atoms with Crippen molar-refractivity contribution in [3.05, 3.63) is 58.2 Å². The molecule has 5 rings (SSSR count). The summed E-state index contributed by atoms with van der Waals surface area (Å²) < 4.78 is 16.6. The number of carbonyl (C=O) groups is 1. The highest BCUT2D eigenvalue weighted by molar-refractivity contribution is 6.34. The van der Waals surface area contributed by atoms with Crippen molar-refractivity contribution in [3.63, 3.8) is 0 Å². The maximum absolute atomic E-state index is 13.0. The van der Waals surface area contributed by atoms with Crippen LogP contribution >= 0.6 is 23.2 Å². The van der Waals surface area contributed by atoms with Gasteiger partial charge in [-0.05, 0) is 36.9 Å². The molecule has 3 heterocycles. The van der Waals surface area contributed by atoms with Gasteiger partial charge in [-0.2, -0.15) is 0 Å². The molecule has 11 nitrogen and oxygen atoms in total. The van der Waals surface area contributed by atoms with Gasteiger partial charge in [0.05, 0.1) is 54.1 Å². The van der Waals surface area contributed by atoms with Gasteiger partial charge in [0, 0.05) is 43.3 Å². The van der Waals surface area contributed by atoms with E-state index < -0.39 is 6.03 Å². The van der Waals surface area contributed by atoms with Gasteiger partial charge in [-0.3, -0.25) is 0 Å². The lowest BCUT2D eigenvalue weighted by atomic mass is 10.2. The number of carbonyl (C=O) groups excluding carboxylic acids is 1. The molecule has 1 saturated heterocycles. The van der Waals surface area contributed by atoms with Crippen LogP contribution in [-0.4, -0.2) is 75.1 Å². The van der Waals surface area contributed by atoms with Gasteiger partial charge in [0.15, 0.2) is 5.75 Å². The number of pyridine rings is 1. The number of ether oxygens (including phenoxy) is 3. The molecule has 0 radical (unpaired) electrons. The number of rotatable bonds is 7. The minimum atomic E-state index is -0.447. The summed E-state index contributed by atoms with van der Waals surface area (Å²) >= 11 is 12.8. The lowest BCUT2D eigenvalue weighted by molar-refractivity contribution is 0.262. The Morgan fingerprint density at radius 3 is 2.48 bits per heavy atom. The molecule has 2 N–H and O–H groups in total. The Morgan fingerprint density at radius 2 is 1.76 bits per heavy atom. The number of piperazine rings is 1.